The zero-order valence-electron chi connectivity index (χ0n) is 17.8. The van der Waals surface area contributed by atoms with Gasteiger partial charge in [0.15, 0.2) is 0 Å². The lowest BCUT2D eigenvalue weighted by molar-refractivity contribution is -0.111. The molecule has 0 atom stereocenters. The number of rotatable bonds is 6. The summed E-state index contributed by atoms with van der Waals surface area (Å²) in [5.74, 6) is 0.718. The highest BCUT2D eigenvalue weighted by atomic mass is 32.1. The Kier molecular flexibility index (Phi) is 5.70. The van der Waals surface area contributed by atoms with Crippen molar-refractivity contribution in [3.63, 3.8) is 0 Å². The first-order valence-electron chi connectivity index (χ1n) is 10.3. The van der Waals surface area contributed by atoms with Crippen molar-refractivity contribution in [1.29, 1.82) is 0 Å². The SMILES string of the molecule is COc1ccccc1-c1csc2nc(NC(=O)/C(=C\c3ccccc3)c3ccccc3)nn12. The number of fused-ring (bicyclic) bond motifs is 1. The molecule has 1 amide bonds. The van der Waals surface area contributed by atoms with Crippen molar-refractivity contribution in [1.82, 2.24) is 14.6 Å². The molecular weight excluding hydrogens is 432 g/mol. The quantitative estimate of drug-likeness (QED) is 0.267. The van der Waals surface area contributed by atoms with Gasteiger partial charge in [-0.3, -0.25) is 10.1 Å². The summed E-state index contributed by atoms with van der Waals surface area (Å²) in [7, 11) is 1.64. The Labute approximate surface area is 194 Å². The van der Waals surface area contributed by atoms with E-state index in [4.69, 9.17) is 4.74 Å². The van der Waals surface area contributed by atoms with E-state index in [1.54, 1.807) is 11.6 Å². The molecule has 0 spiro atoms. The van der Waals surface area contributed by atoms with E-state index >= 15 is 0 Å². The molecule has 33 heavy (non-hydrogen) atoms. The summed E-state index contributed by atoms with van der Waals surface area (Å²) in [6.45, 7) is 0. The van der Waals surface area contributed by atoms with Crippen LogP contribution in [0.3, 0.4) is 0 Å². The van der Waals surface area contributed by atoms with Gasteiger partial charge in [-0.15, -0.1) is 16.4 Å². The maximum atomic E-state index is 13.3. The lowest BCUT2D eigenvalue weighted by atomic mass is 10.0. The van der Waals surface area contributed by atoms with Crippen LogP contribution in [0.5, 0.6) is 5.75 Å². The predicted octanol–water partition coefficient (Wildman–Crippen LogP) is 5.65. The normalized spacial score (nSPS) is 11.5. The number of para-hydroxylation sites is 1. The molecule has 0 radical (unpaired) electrons. The standard InChI is InChI=1S/C26H20N4O2S/c1-32-23-15-9-8-14-20(23)22-17-33-26-28-25(29-30(22)26)27-24(31)21(19-12-6-3-7-13-19)16-18-10-4-2-5-11-18/h2-17H,1H3,(H,27,29,31)/b21-16-. The van der Waals surface area contributed by atoms with Gasteiger partial charge in [0, 0.05) is 16.5 Å². The van der Waals surface area contributed by atoms with E-state index in [1.165, 1.54) is 11.3 Å². The molecule has 0 fully saturated rings. The third kappa shape index (κ3) is 4.26. The highest BCUT2D eigenvalue weighted by molar-refractivity contribution is 7.15. The second kappa shape index (κ2) is 9.10. The fourth-order valence-corrected chi connectivity index (χ4v) is 4.38. The van der Waals surface area contributed by atoms with Gasteiger partial charge in [0.25, 0.3) is 11.9 Å². The smallest absolute Gasteiger partial charge is 0.258 e. The Morgan fingerprint density at radius 3 is 2.42 bits per heavy atom. The molecule has 2 aromatic heterocycles. The summed E-state index contributed by atoms with van der Waals surface area (Å²) >= 11 is 1.45. The van der Waals surface area contributed by atoms with Crippen molar-refractivity contribution >= 4 is 39.8 Å². The predicted molar refractivity (Wildman–Crippen MR) is 132 cm³/mol. The lowest BCUT2D eigenvalue weighted by Crippen LogP contribution is -2.15. The summed E-state index contributed by atoms with van der Waals surface area (Å²) in [5, 5.41) is 9.39. The minimum atomic E-state index is -0.276. The molecule has 0 aliphatic heterocycles. The Morgan fingerprint density at radius 1 is 0.970 bits per heavy atom. The Bertz CT molecular complexity index is 1440. The number of nitrogens with one attached hydrogen (secondary N) is 1. The van der Waals surface area contributed by atoms with Crippen LogP contribution in [0.2, 0.25) is 0 Å². The van der Waals surface area contributed by atoms with Crippen LogP contribution in [0.4, 0.5) is 5.95 Å². The molecule has 5 aromatic rings. The van der Waals surface area contributed by atoms with Gasteiger partial charge >= 0.3 is 0 Å². The Balaban J connectivity index is 1.49. The van der Waals surface area contributed by atoms with Gasteiger partial charge in [-0.25, -0.2) is 4.52 Å². The van der Waals surface area contributed by atoms with Crippen LogP contribution < -0.4 is 10.1 Å². The van der Waals surface area contributed by atoms with Crippen LogP contribution >= 0.6 is 11.3 Å². The van der Waals surface area contributed by atoms with E-state index in [9.17, 15) is 4.79 Å². The van der Waals surface area contributed by atoms with Gasteiger partial charge in [0.1, 0.15) is 5.75 Å². The molecule has 6 nitrogen and oxygen atoms in total. The molecule has 2 heterocycles. The number of carbonyl (C=O) groups is 1. The van der Waals surface area contributed by atoms with E-state index in [0.29, 0.717) is 10.5 Å². The minimum absolute atomic E-state index is 0.248. The number of hydrogen-bond acceptors (Lipinski definition) is 5. The van der Waals surface area contributed by atoms with Crippen LogP contribution in [-0.4, -0.2) is 27.6 Å². The van der Waals surface area contributed by atoms with Crippen molar-refractivity contribution in [2.45, 2.75) is 0 Å². The van der Waals surface area contributed by atoms with Gasteiger partial charge in [-0.1, -0.05) is 72.8 Å². The van der Waals surface area contributed by atoms with Gasteiger partial charge < -0.3 is 4.74 Å². The molecule has 0 bridgehead atoms. The highest BCUT2D eigenvalue weighted by Gasteiger charge is 2.18. The number of methoxy groups -OCH3 is 1. The fourth-order valence-electron chi connectivity index (χ4n) is 3.56. The zero-order chi connectivity index (χ0) is 22.6. The lowest BCUT2D eigenvalue weighted by Gasteiger charge is -2.08. The van der Waals surface area contributed by atoms with E-state index in [-0.39, 0.29) is 11.9 Å². The van der Waals surface area contributed by atoms with Crippen LogP contribution in [-0.2, 0) is 4.79 Å². The summed E-state index contributed by atoms with van der Waals surface area (Å²) in [6, 6.07) is 27.0. The number of ether oxygens (including phenoxy) is 1. The van der Waals surface area contributed by atoms with Crippen molar-refractivity contribution in [2.24, 2.45) is 0 Å². The van der Waals surface area contributed by atoms with Crippen LogP contribution in [0.1, 0.15) is 11.1 Å². The largest absolute Gasteiger partial charge is 0.496 e. The topological polar surface area (TPSA) is 68.5 Å². The van der Waals surface area contributed by atoms with E-state index in [2.05, 4.69) is 15.4 Å². The maximum absolute atomic E-state index is 13.3. The van der Waals surface area contributed by atoms with Crippen LogP contribution in [0.25, 0.3) is 27.9 Å². The second-order valence-electron chi connectivity index (χ2n) is 7.24. The Morgan fingerprint density at radius 2 is 1.67 bits per heavy atom. The van der Waals surface area contributed by atoms with E-state index in [1.807, 2.05) is 96.4 Å². The van der Waals surface area contributed by atoms with Crippen LogP contribution in [0.15, 0.2) is 90.3 Å². The summed E-state index contributed by atoms with van der Waals surface area (Å²) in [6.07, 6.45) is 1.86. The number of nitrogens with zero attached hydrogens (tertiary/aromatic N) is 3. The molecule has 0 unspecified atom stereocenters. The maximum Gasteiger partial charge on any atom is 0.258 e. The highest BCUT2D eigenvalue weighted by Crippen LogP contribution is 2.32. The average Bonchev–Trinajstić information content (AvgIpc) is 3.44. The van der Waals surface area contributed by atoms with Gasteiger partial charge in [-0.05, 0) is 29.3 Å². The second-order valence-corrected chi connectivity index (χ2v) is 8.08. The molecule has 0 aliphatic rings. The first-order chi connectivity index (χ1) is 16.2. The summed E-state index contributed by atoms with van der Waals surface area (Å²) < 4.78 is 7.22. The molecule has 0 saturated carbocycles. The number of thiazole rings is 1. The molecule has 0 aliphatic carbocycles. The zero-order valence-corrected chi connectivity index (χ0v) is 18.6. The molecule has 7 heteroatoms. The van der Waals surface area contributed by atoms with Crippen molar-refractivity contribution < 1.29 is 9.53 Å². The van der Waals surface area contributed by atoms with Gasteiger partial charge in [0.2, 0.25) is 4.96 Å². The minimum Gasteiger partial charge on any atom is -0.496 e. The monoisotopic (exact) mass is 452 g/mol. The molecule has 3 aromatic carbocycles. The van der Waals surface area contributed by atoms with Gasteiger partial charge in [-0.2, -0.15) is 4.98 Å². The van der Waals surface area contributed by atoms with E-state index < -0.39 is 0 Å². The molecule has 1 N–H and O–H groups in total. The molecule has 162 valence electrons. The summed E-state index contributed by atoms with van der Waals surface area (Å²) in [5.41, 5.74) is 4.04. The molecule has 0 saturated heterocycles. The Hall–Kier alpha value is -4.23. The number of amides is 1. The first kappa shape index (κ1) is 20.7. The molecule has 5 rings (SSSR count). The number of benzene rings is 3. The van der Waals surface area contributed by atoms with Crippen molar-refractivity contribution in [3.8, 4) is 17.0 Å². The first-order valence-corrected chi connectivity index (χ1v) is 11.2. The average molecular weight is 453 g/mol. The number of carbonyl (C=O) groups excluding carboxylic acids is 1. The summed E-state index contributed by atoms with van der Waals surface area (Å²) in [4.78, 5) is 18.5. The fraction of sp³-hybridized carbons (Fsp3) is 0.0385. The third-order valence-electron chi connectivity index (χ3n) is 5.13. The number of aromatic nitrogens is 3. The van der Waals surface area contributed by atoms with Gasteiger partial charge in [0.05, 0.1) is 12.8 Å². The van der Waals surface area contributed by atoms with Crippen LogP contribution in [0, 0.1) is 0 Å². The number of hydrogen-bond donors (Lipinski definition) is 1. The van der Waals surface area contributed by atoms with E-state index in [0.717, 1.165) is 28.1 Å². The van der Waals surface area contributed by atoms with Crippen molar-refractivity contribution in [3.05, 3.63) is 101 Å². The molecular formula is C26H20N4O2S. The van der Waals surface area contributed by atoms with Crippen molar-refractivity contribution in [2.75, 3.05) is 12.4 Å². The third-order valence-corrected chi connectivity index (χ3v) is 5.95. The number of anilines is 1.